The van der Waals surface area contributed by atoms with Crippen molar-refractivity contribution in [3.63, 3.8) is 0 Å². The van der Waals surface area contributed by atoms with Gasteiger partial charge in [-0.25, -0.2) is 0 Å². The highest BCUT2D eigenvalue weighted by molar-refractivity contribution is 9.10. The number of carbonyl (C=O) groups is 1. The van der Waals surface area contributed by atoms with Gasteiger partial charge in [-0.2, -0.15) is 0 Å². The minimum Gasteiger partial charge on any atom is -0.497 e. The molecule has 17 heavy (non-hydrogen) atoms. The van der Waals surface area contributed by atoms with Gasteiger partial charge in [-0.1, -0.05) is 0 Å². The lowest BCUT2D eigenvalue weighted by Gasteiger charge is -2.12. The summed E-state index contributed by atoms with van der Waals surface area (Å²) >= 11 is 3.49. The van der Waals surface area contributed by atoms with Crippen molar-refractivity contribution in [3.05, 3.63) is 27.9 Å². The topological polar surface area (TPSA) is 54.1 Å². The van der Waals surface area contributed by atoms with Gasteiger partial charge in [-0.15, -0.1) is 0 Å². The third-order valence-electron chi connectivity index (χ3n) is 3.03. The third-order valence-corrected chi connectivity index (χ3v) is 3.66. The number of aromatic amines is 1. The van der Waals surface area contributed by atoms with E-state index in [1.54, 1.807) is 7.11 Å². The fourth-order valence-electron chi connectivity index (χ4n) is 2.24. The van der Waals surface area contributed by atoms with Crippen LogP contribution in [0.25, 0.3) is 10.9 Å². The molecule has 2 heterocycles. The fraction of sp³-hybridized carbons (Fsp3) is 0.250. The molecule has 4 nitrogen and oxygen atoms in total. The molecule has 0 saturated heterocycles. The van der Waals surface area contributed by atoms with Crippen molar-refractivity contribution in [2.45, 2.75) is 6.42 Å². The summed E-state index contributed by atoms with van der Waals surface area (Å²) in [6, 6.07) is 3.78. The third kappa shape index (κ3) is 1.53. The molecule has 0 spiro atoms. The normalized spacial score (nSPS) is 14.6. The van der Waals surface area contributed by atoms with Gasteiger partial charge >= 0.3 is 0 Å². The standard InChI is InChI=1S/C12H11BrN2O2/c1-17-6-4-7-10-9(2-3-14-12(10)16)15-11(7)8(13)5-6/h4-5,15H,2-3H2,1H3,(H,14,16). The summed E-state index contributed by atoms with van der Waals surface area (Å²) in [5.41, 5.74) is 2.69. The lowest BCUT2D eigenvalue weighted by molar-refractivity contribution is 0.0947. The van der Waals surface area contributed by atoms with Crippen LogP contribution >= 0.6 is 15.9 Å². The van der Waals surface area contributed by atoms with Crippen molar-refractivity contribution in [2.75, 3.05) is 13.7 Å². The van der Waals surface area contributed by atoms with Crippen molar-refractivity contribution in [3.8, 4) is 5.75 Å². The summed E-state index contributed by atoms with van der Waals surface area (Å²) in [6.07, 6.45) is 0.838. The average Bonchev–Trinajstić information content (AvgIpc) is 2.69. The van der Waals surface area contributed by atoms with E-state index >= 15 is 0 Å². The zero-order valence-electron chi connectivity index (χ0n) is 9.26. The maximum atomic E-state index is 11.9. The Morgan fingerprint density at radius 3 is 3.00 bits per heavy atom. The van der Waals surface area contributed by atoms with Crippen LogP contribution in [0.15, 0.2) is 16.6 Å². The van der Waals surface area contributed by atoms with Crippen LogP contribution in [0.1, 0.15) is 16.1 Å². The summed E-state index contributed by atoms with van der Waals surface area (Å²) < 4.78 is 6.13. The summed E-state index contributed by atoms with van der Waals surface area (Å²) in [5, 5.41) is 3.76. The van der Waals surface area contributed by atoms with E-state index in [0.717, 1.165) is 38.8 Å². The summed E-state index contributed by atoms with van der Waals surface area (Å²) in [5.74, 6) is 0.724. The van der Waals surface area contributed by atoms with Crippen LogP contribution < -0.4 is 10.1 Å². The molecule has 88 valence electrons. The zero-order chi connectivity index (χ0) is 12.0. The van der Waals surface area contributed by atoms with E-state index in [1.165, 1.54) is 0 Å². The van der Waals surface area contributed by atoms with Crippen LogP contribution in [-0.4, -0.2) is 24.5 Å². The van der Waals surface area contributed by atoms with Gasteiger partial charge in [0.15, 0.2) is 0 Å². The number of halogens is 1. The number of H-pyrrole nitrogens is 1. The Labute approximate surface area is 106 Å². The second-order valence-electron chi connectivity index (χ2n) is 4.02. The van der Waals surface area contributed by atoms with Crippen molar-refractivity contribution in [1.29, 1.82) is 0 Å². The Hall–Kier alpha value is -1.49. The summed E-state index contributed by atoms with van der Waals surface area (Å²) in [7, 11) is 1.62. The molecule has 0 aliphatic carbocycles. The first-order valence-electron chi connectivity index (χ1n) is 5.37. The van der Waals surface area contributed by atoms with Crippen molar-refractivity contribution in [2.24, 2.45) is 0 Å². The first kappa shape index (κ1) is 10.7. The molecule has 0 bridgehead atoms. The Morgan fingerprint density at radius 2 is 2.24 bits per heavy atom. The van der Waals surface area contributed by atoms with Gasteiger partial charge in [0.2, 0.25) is 0 Å². The van der Waals surface area contributed by atoms with E-state index in [-0.39, 0.29) is 5.91 Å². The largest absolute Gasteiger partial charge is 0.497 e. The molecule has 0 fully saturated rings. The van der Waals surface area contributed by atoms with Gasteiger partial charge in [0, 0.05) is 28.5 Å². The van der Waals surface area contributed by atoms with Crippen molar-refractivity contribution < 1.29 is 9.53 Å². The van der Waals surface area contributed by atoms with E-state index in [0.29, 0.717) is 6.54 Å². The molecule has 1 aromatic carbocycles. The number of methoxy groups -OCH3 is 1. The second kappa shape index (κ2) is 3.77. The van der Waals surface area contributed by atoms with Crippen LogP contribution in [0.4, 0.5) is 0 Å². The van der Waals surface area contributed by atoms with E-state index < -0.39 is 0 Å². The predicted molar refractivity (Wildman–Crippen MR) is 68.6 cm³/mol. The molecular formula is C12H11BrN2O2. The van der Waals surface area contributed by atoms with Gasteiger partial charge in [0.05, 0.1) is 18.2 Å². The molecular weight excluding hydrogens is 284 g/mol. The van der Waals surface area contributed by atoms with Gasteiger partial charge in [-0.05, 0) is 28.1 Å². The number of amides is 1. The lowest BCUT2D eigenvalue weighted by Crippen LogP contribution is -2.31. The molecule has 0 saturated carbocycles. The molecule has 0 unspecified atom stereocenters. The number of carbonyl (C=O) groups excluding carboxylic acids is 1. The number of hydrogen-bond acceptors (Lipinski definition) is 2. The SMILES string of the molecule is COc1cc(Br)c2[nH]c3c(c2c1)C(=O)NCC3. The molecule has 1 amide bonds. The van der Waals surface area contributed by atoms with Gasteiger partial charge < -0.3 is 15.0 Å². The highest BCUT2D eigenvalue weighted by Gasteiger charge is 2.23. The Kier molecular flexibility index (Phi) is 2.36. The molecule has 0 radical (unpaired) electrons. The molecule has 2 N–H and O–H groups in total. The van der Waals surface area contributed by atoms with Gasteiger partial charge in [-0.3, -0.25) is 4.79 Å². The molecule has 0 atom stereocenters. The molecule has 3 rings (SSSR count). The second-order valence-corrected chi connectivity index (χ2v) is 4.87. The molecule has 5 heteroatoms. The predicted octanol–water partition coefficient (Wildman–Crippen LogP) is 2.22. The number of ether oxygens (including phenoxy) is 1. The van der Waals surface area contributed by atoms with Crippen LogP contribution in [0, 0.1) is 0 Å². The minimum absolute atomic E-state index is 0.0161. The quantitative estimate of drug-likeness (QED) is 0.847. The average molecular weight is 295 g/mol. The van der Waals surface area contributed by atoms with Crippen LogP contribution in [0.3, 0.4) is 0 Å². The minimum atomic E-state index is -0.0161. The van der Waals surface area contributed by atoms with Crippen LogP contribution in [0.5, 0.6) is 5.75 Å². The van der Waals surface area contributed by atoms with Crippen molar-refractivity contribution >= 4 is 32.7 Å². The van der Waals surface area contributed by atoms with E-state index in [4.69, 9.17) is 4.74 Å². The number of hydrogen-bond donors (Lipinski definition) is 2. The number of fused-ring (bicyclic) bond motifs is 3. The van der Waals surface area contributed by atoms with Gasteiger partial charge in [0.25, 0.3) is 5.91 Å². The first-order valence-corrected chi connectivity index (χ1v) is 6.16. The molecule has 1 aromatic heterocycles. The summed E-state index contributed by atoms with van der Waals surface area (Å²) in [6.45, 7) is 0.688. The highest BCUT2D eigenvalue weighted by atomic mass is 79.9. The number of benzene rings is 1. The smallest absolute Gasteiger partial charge is 0.253 e. The number of rotatable bonds is 1. The molecule has 1 aliphatic heterocycles. The van der Waals surface area contributed by atoms with E-state index in [1.807, 2.05) is 12.1 Å². The monoisotopic (exact) mass is 294 g/mol. The maximum absolute atomic E-state index is 11.9. The first-order chi connectivity index (χ1) is 8.20. The van der Waals surface area contributed by atoms with Crippen LogP contribution in [-0.2, 0) is 6.42 Å². The number of nitrogens with one attached hydrogen (secondary N) is 2. The van der Waals surface area contributed by atoms with Crippen molar-refractivity contribution in [1.82, 2.24) is 10.3 Å². The Balaban J connectivity index is 2.36. The number of aromatic nitrogens is 1. The molecule has 2 aromatic rings. The van der Waals surface area contributed by atoms with Gasteiger partial charge in [0.1, 0.15) is 5.75 Å². The maximum Gasteiger partial charge on any atom is 0.253 e. The molecule has 1 aliphatic rings. The Bertz CT molecular complexity index is 618. The zero-order valence-corrected chi connectivity index (χ0v) is 10.8. The van der Waals surface area contributed by atoms with Crippen LogP contribution in [0.2, 0.25) is 0 Å². The van der Waals surface area contributed by atoms with E-state index in [9.17, 15) is 4.79 Å². The highest BCUT2D eigenvalue weighted by Crippen LogP contribution is 2.33. The summed E-state index contributed by atoms with van der Waals surface area (Å²) in [4.78, 5) is 15.2. The fourth-order valence-corrected chi connectivity index (χ4v) is 2.77. The lowest BCUT2D eigenvalue weighted by atomic mass is 10.1. The van der Waals surface area contributed by atoms with E-state index in [2.05, 4.69) is 26.2 Å². The Morgan fingerprint density at radius 1 is 1.41 bits per heavy atom.